The Morgan fingerprint density at radius 2 is 1.96 bits per heavy atom. The molecule has 1 aliphatic heterocycles. The number of Topliss-reactive ketones (excluding diaryl/α,β-unsaturated/α-hetero) is 1. The third-order valence-corrected chi connectivity index (χ3v) is 3.93. The first-order chi connectivity index (χ1) is 11.8. The van der Waals surface area contributed by atoms with Gasteiger partial charge in [-0.15, -0.1) is 5.10 Å². The number of nitrogens with zero attached hydrogens (tertiary/aromatic N) is 4. The summed E-state index contributed by atoms with van der Waals surface area (Å²) in [5.74, 6) is 0.110. The van der Waals surface area contributed by atoms with E-state index in [0.29, 0.717) is 18.7 Å². The van der Waals surface area contributed by atoms with Gasteiger partial charge < -0.3 is 4.74 Å². The van der Waals surface area contributed by atoms with Crippen molar-refractivity contribution < 1.29 is 14.3 Å². The minimum Gasteiger partial charge on any atom is -0.444 e. The highest BCUT2D eigenvalue weighted by molar-refractivity contribution is 5.82. The van der Waals surface area contributed by atoms with Crippen LogP contribution in [-0.4, -0.2) is 43.9 Å². The molecule has 2 heterocycles. The monoisotopic (exact) mass is 342 g/mol. The summed E-state index contributed by atoms with van der Waals surface area (Å²) in [6, 6.07) is 9.12. The Morgan fingerprint density at radius 1 is 1.24 bits per heavy atom. The van der Waals surface area contributed by atoms with E-state index >= 15 is 0 Å². The summed E-state index contributed by atoms with van der Waals surface area (Å²) in [6.07, 6.45) is 1.89. The molecule has 25 heavy (non-hydrogen) atoms. The summed E-state index contributed by atoms with van der Waals surface area (Å²) in [5.41, 5.74) is 0.861. The number of carbonyl (C=O) groups excluding carboxylic acids is 2. The Bertz CT molecular complexity index is 764. The van der Waals surface area contributed by atoms with Gasteiger partial charge in [0.2, 0.25) is 0 Å². The molecule has 1 aromatic heterocycles. The zero-order valence-corrected chi connectivity index (χ0v) is 14.7. The molecule has 1 aromatic carbocycles. The Labute approximate surface area is 146 Å². The van der Waals surface area contributed by atoms with Crippen LogP contribution in [0.3, 0.4) is 0 Å². The summed E-state index contributed by atoms with van der Waals surface area (Å²) < 4.78 is 7.12. The van der Waals surface area contributed by atoms with E-state index in [1.807, 2.05) is 51.1 Å². The molecule has 1 saturated heterocycles. The standard InChI is InChI=1S/C18H22N4O3/c1-18(2,3)25-17(24)21-10-9-14(23)11-16(21)15-12-22(20-19-15)13-7-5-4-6-8-13/h4-8,12,16H,9-11H2,1-3H3/t16-/m0/s1. The first kappa shape index (κ1) is 17.1. The number of ketones is 1. The van der Waals surface area contributed by atoms with Gasteiger partial charge in [0, 0.05) is 19.4 Å². The van der Waals surface area contributed by atoms with E-state index in [0.717, 1.165) is 5.69 Å². The maximum Gasteiger partial charge on any atom is 0.410 e. The predicted molar refractivity (Wildman–Crippen MR) is 91.3 cm³/mol. The van der Waals surface area contributed by atoms with Crippen LogP contribution in [0.1, 0.15) is 45.3 Å². The lowest BCUT2D eigenvalue weighted by molar-refractivity contribution is -0.123. The van der Waals surface area contributed by atoms with Crippen molar-refractivity contribution >= 4 is 11.9 Å². The highest BCUT2D eigenvalue weighted by atomic mass is 16.6. The first-order valence-corrected chi connectivity index (χ1v) is 8.32. The van der Waals surface area contributed by atoms with E-state index in [1.165, 1.54) is 0 Å². The molecule has 7 heteroatoms. The topological polar surface area (TPSA) is 77.3 Å². The highest BCUT2D eigenvalue weighted by Crippen LogP contribution is 2.29. The van der Waals surface area contributed by atoms with Crippen LogP contribution in [-0.2, 0) is 9.53 Å². The van der Waals surface area contributed by atoms with Gasteiger partial charge in [-0.1, -0.05) is 23.4 Å². The van der Waals surface area contributed by atoms with Crippen molar-refractivity contribution in [2.24, 2.45) is 0 Å². The molecule has 0 unspecified atom stereocenters. The van der Waals surface area contributed by atoms with Crippen LogP contribution in [0.4, 0.5) is 4.79 Å². The fourth-order valence-corrected chi connectivity index (χ4v) is 2.77. The number of para-hydroxylation sites is 1. The quantitative estimate of drug-likeness (QED) is 0.838. The number of aromatic nitrogens is 3. The van der Waals surface area contributed by atoms with Crippen LogP contribution in [0.2, 0.25) is 0 Å². The van der Waals surface area contributed by atoms with Gasteiger partial charge in [0.25, 0.3) is 0 Å². The number of carbonyl (C=O) groups is 2. The van der Waals surface area contributed by atoms with E-state index in [2.05, 4.69) is 10.3 Å². The van der Waals surface area contributed by atoms with Crippen molar-refractivity contribution in [1.29, 1.82) is 0 Å². The minimum atomic E-state index is -0.593. The summed E-state index contributed by atoms with van der Waals surface area (Å²) >= 11 is 0. The number of likely N-dealkylation sites (tertiary alicyclic amines) is 1. The largest absolute Gasteiger partial charge is 0.444 e. The molecular weight excluding hydrogens is 320 g/mol. The molecule has 1 atom stereocenters. The summed E-state index contributed by atoms with van der Waals surface area (Å²) in [6.45, 7) is 5.79. The van der Waals surface area contributed by atoms with Gasteiger partial charge in [-0.25, -0.2) is 9.48 Å². The lowest BCUT2D eigenvalue weighted by Crippen LogP contribution is -2.44. The average molecular weight is 342 g/mol. The summed E-state index contributed by atoms with van der Waals surface area (Å²) in [5, 5.41) is 8.32. The number of amides is 1. The molecule has 3 rings (SSSR count). The second-order valence-electron chi connectivity index (χ2n) is 7.11. The molecule has 7 nitrogen and oxygen atoms in total. The molecule has 2 aromatic rings. The van der Waals surface area contributed by atoms with E-state index < -0.39 is 17.7 Å². The van der Waals surface area contributed by atoms with Gasteiger partial charge in [-0.3, -0.25) is 9.69 Å². The fraction of sp³-hybridized carbons (Fsp3) is 0.444. The molecule has 0 N–H and O–H groups in total. The average Bonchev–Trinajstić information content (AvgIpc) is 3.04. The fourth-order valence-electron chi connectivity index (χ4n) is 2.77. The van der Waals surface area contributed by atoms with Crippen molar-refractivity contribution in [1.82, 2.24) is 19.9 Å². The minimum absolute atomic E-state index is 0.110. The maximum atomic E-state index is 12.5. The van der Waals surface area contributed by atoms with Gasteiger partial charge in [-0.05, 0) is 32.9 Å². The first-order valence-electron chi connectivity index (χ1n) is 8.32. The Morgan fingerprint density at radius 3 is 2.64 bits per heavy atom. The highest BCUT2D eigenvalue weighted by Gasteiger charge is 2.36. The van der Waals surface area contributed by atoms with Crippen molar-refractivity contribution in [3.8, 4) is 5.69 Å². The van der Waals surface area contributed by atoms with Gasteiger partial charge in [0.15, 0.2) is 0 Å². The number of benzene rings is 1. The Hall–Kier alpha value is -2.70. The SMILES string of the molecule is CC(C)(C)OC(=O)N1CCC(=O)C[C@H]1c1cn(-c2ccccc2)nn1. The molecule has 1 amide bonds. The van der Waals surface area contributed by atoms with Crippen LogP contribution in [0.25, 0.3) is 5.69 Å². The second-order valence-corrected chi connectivity index (χ2v) is 7.11. The molecule has 0 aliphatic carbocycles. The van der Waals surface area contributed by atoms with Crippen LogP contribution in [0.15, 0.2) is 36.5 Å². The third-order valence-electron chi connectivity index (χ3n) is 3.93. The second kappa shape index (κ2) is 6.66. The van der Waals surface area contributed by atoms with Gasteiger partial charge in [-0.2, -0.15) is 0 Å². The van der Waals surface area contributed by atoms with Crippen molar-refractivity contribution in [2.45, 2.75) is 45.3 Å². The van der Waals surface area contributed by atoms with Crippen LogP contribution >= 0.6 is 0 Å². The smallest absolute Gasteiger partial charge is 0.410 e. The molecule has 1 fully saturated rings. The molecule has 0 saturated carbocycles. The predicted octanol–water partition coefficient (Wildman–Crippen LogP) is 2.91. The van der Waals surface area contributed by atoms with Crippen LogP contribution < -0.4 is 0 Å². The normalized spacial score (nSPS) is 18.3. The van der Waals surface area contributed by atoms with Crippen molar-refractivity contribution in [3.05, 3.63) is 42.2 Å². The number of piperidine rings is 1. The van der Waals surface area contributed by atoms with Gasteiger partial charge >= 0.3 is 6.09 Å². The molecule has 0 bridgehead atoms. The lowest BCUT2D eigenvalue weighted by atomic mass is 9.99. The summed E-state index contributed by atoms with van der Waals surface area (Å²) in [7, 11) is 0. The Kier molecular flexibility index (Phi) is 4.57. The van der Waals surface area contributed by atoms with E-state index in [9.17, 15) is 9.59 Å². The number of ether oxygens (including phenoxy) is 1. The van der Waals surface area contributed by atoms with E-state index in [-0.39, 0.29) is 12.2 Å². The molecule has 132 valence electrons. The van der Waals surface area contributed by atoms with E-state index in [1.54, 1.807) is 15.8 Å². The van der Waals surface area contributed by atoms with Gasteiger partial charge in [0.05, 0.1) is 17.9 Å². The lowest BCUT2D eigenvalue weighted by Gasteiger charge is -2.35. The Balaban J connectivity index is 1.85. The molecular formula is C18H22N4O3. The zero-order chi connectivity index (χ0) is 18.0. The molecule has 0 radical (unpaired) electrons. The number of hydrogen-bond donors (Lipinski definition) is 0. The molecule has 0 spiro atoms. The molecule has 1 aliphatic rings. The van der Waals surface area contributed by atoms with Crippen LogP contribution in [0.5, 0.6) is 0 Å². The number of hydrogen-bond acceptors (Lipinski definition) is 5. The third kappa shape index (κ3) is 4.04. The number of rotatable bonds is 2. The van der Waals surface area contributed by atoms with Crippen molar-refractivity contribution in [3.63, 3.8) is 0 Å². The maximum absolute atomic E-state index is 12.5. The zero-order valence-electron chi connectivity index (χ0n) is 14.7. The van der Waals surface area contributed by atoms with E-state index in [4.69, 9.17) is 4.74 Å². The summed E-state index contributed by atoms with van der Waals surface area (Å²) in [4.78, 5) is 26.0. The van der Waals surface area contributed by atoms with Gasteiger partial charge in [0.1, 0.15) is 17.1 Å². The van der Waals surface area contributed by atoms with Crippen LogP contribution in [0, 0.1) is 0 Å². The van der Waals surface area contributed by atoms with Crippen molar-refractivity contribution in [2.75, 3.05) is 6.54 Å².